The van der Waals surface area contributed by atoms with Crippen molar-refractivity contribution in [3.05, 3.63) is 92.8 Å². The molecule has 9 rings (SSSR count). The molecule has 0 amide bonds. The summed E-state index contributed by atoms with van der Waals surface area (Å²) in [4.78, 5) is 25.7. The normalized spacial score (nSPS) is 41.4. The molecule has 2 aromatic rings. The number of allylic oxidation sites excluding steroid dienone is 6. The van der Waals surface area contributed by atoms with Gasteiger partial charge in [0.15, 0.2) is 0 Å². The third kappa shape index (κ3) is 0.972. The summed E-state index contributed by atoms with van der Waals surface area (Å²) in [6, 6.07) is 8.43. The van der Waals surface area contributed by atoms with Crippen LogP contribution >= 0.6 is 0 Å². The van der Waals surface area contributed by atoms with Gasteiger partial charge in [0.2, 0.25) is 0 Å². The molecule has 5 nitrogen and oxygen atoms in total. The Labute approximate surface area is 149 Å². The molecule has 26 heavy (non-hydrogen) atoms. The number of nitrogens with zero attached hydrogens (tertiary/aromatic N) is 3. The summed E-state index contributed by atoms with van der Waals surface area (Å²) >= 11 is 0. The second kappa shape index (κ2) is 3.65. The van der Waals surface area contributed by atoms with Crippen LogP contribution in [0.15, 0.2) is 70.3 Å². The Balaban J connectivity index is 1.64. The van der Waals surface area contributed by atoms with Crippen molar-refractivity contribution in [2.75, 3.05) is 0 Å². The van der Waals surface area contributed by atoms with Gasteiger partial charge in [0.25, 0.3) is 0 Å². The smallest absolute Gasteiger partial charge is 0.246 e. The van der Waals surface area contributed by atoms with Crippen LogP contribution in [0, 0.1) is 10.8 Å². The van der Waals surface area contributed by atoms with Crippen LogP contribution in [-0.4, -0.2) is 13.9 Å². The standard InChI is InChI=1S/C21H17N3O2/c1-22-18(25)23-16-8-9-17(24(23)19(22)26)21-11-10-20(16,21)14-6-7-15(21)13-5-3-2-4-12(13)14/h2-11,14-17H,1H3/t14-,15-,16+,17+,20-,21+/m1/s1. The first-order valence-electron chi connectivity index (χ1n) is 9.19. The highest BCUT2D eigenvalue weighted by molar-refractivity contribution is 5.60. The highest BCUT2D eigenvalue weighted by Gasteiger charge is 2.75. The van der Waals surface area contributed by atoms with E-state index in [2.05, 4.69) is 60.7 Å². The minimum absolute atomic E-state index is 0.121. The molecule has 0 fully saturated rings. The van der Waals surface area contributed by atoms with Crippen LogP contribution in [0.3, 0.4) is 0 Å². The first kappa shape index (κ1) is 13.4. The average molecular weight is 343 g/mol. The van der Waals surface area contributed by atoms with Gasteiger partial charge in [-0.25, -0.2) is 23.5 Å². The van der Waals surface area contributed by atoms with Gasteiger partial charge < -0.3 is 0 Å². The molecule has 0 N–H and O–H groups in total. The Kier molecular flexibility index (Phi) is 1.88. The molecule has 4 bridgehead atoms. The maximum absolute atomic E-state index is 12.9. The zero-order valence-corrected chi connectivity index (χ0v) is 14.2. The van der Waals surface area contributed by atoms with Crippen LogP contribution < -0.4 is 11.4 Å². The third-order valence-electron chi connectivity index (χ3n) is 7.76. The van der Waals surface area contributed by atoms with E-state index >= 15 is 0 Å². The first-order chi connectivity index (χ1) is 12.6. The van der Waals surface area contributed by atoms with Gasteiger partial charge in [-0.05, 0) is 11.1 Å². The summed E-state index contributed by atoms with van der Waals surface area (Å²) in [5.41, 5.74) is 2.01. The Morgan fingerprint density at radius 3 is 1.65 bits per heavy atom. The summed E-state index contributed by atoms with van der Waals surface area (Å²) in [6.45, 7) is 0. The number of benzene rings is 1. The van der Waals surface area contributed by atoms with E-state index in [9.17, 15) is 9.59 Å². The van der Waals surface area contributed by atoms with E-state index in [1.807, 2.05) is 0 Å². The Morgan fingerprint density at radius 1 is 0.769 bits per heavy atom. The van der Waals surface area contributed by atoms with Gasteiger partial charge in [0.05, 0.1) is 12.1 Å². The van der Waals surface area contributed by atoms with Gasteiger partial charge in [-0.15, -0.1) is 0 Å². The highest BCUT2D eigenvalue weighted by atomic mass is 16.2. The molecular formula is C21H17N3O2. The monoisotopic (exact) mass is 343 g/mol. The van der Waals surface area contributed by atoms with E-state index in [1.165, 1.54) is 15.7 Å². The molecule has 5 heteroatoms. The van der Waals surface area contributed by atoms with Crippen LogP contribution in [0.5, 0.6) is 0 Å². The van der Waals surface area contributed by atoms with Gasteiger partial charge in [-0.3, -0.25) is 0 Å². The molecule has 0 radical (unpaired) electrons. The molecule has 3 heterocycles. The molecule has 128 valence electrons. The molecule has 0 spiro atoms. The van der Waals surface area contributed by atoms with Crippen molar-refractivity contribution in [1.82, 2.24) is 13.9 Å². The topological polar surface area (TPSA) is 48.9 Å². The van der Waals surface area contributed by atoms with Crippen LogP contribution in [-0.2, 0) is 7.05 Å². The van der Waals surface area contributed by atoms with Gasteiger partial charge in [0.1, 0.15) is 0 Å². The molecule has 0 saturated carbocycles. The lowest BCUT2D eigenvalue weighted by molar-refractivity contribution is -0.0843. The first-order valence-corrected chi connectivity index (χ1v) is 9.19. The summed E-state index contributed by atoms with van der Waals surface area (Å²) in [6.07, 6.45) is 13.6. The van der Waals surface area contributed by atoms with Gasteiger partial charge in [-0.1, -0.05) is 60.7 Å². The minimum Gasteiger partial charge on any atom is -0.246 e. The second-order valence-electron chi connectivity index (χ2n) is 8.26. The van der Waals surface area contributed by atoms with Crippen LogP contribution in [0.1, 0.15) is 35.0 Å². The van der Waals surface area contributed by atoms with Crippen molar-refractivity contribution in [3.8, 4) is 0 Å². The number of hydrogen-bond acceptors (Lipinski definition) is 2. The summed E-state index contributed by atoms with van der Waals surface area (Å²) in [7, 11) is 1.58. The fraction of sp³-hybridized carbons (Fsp3) is 0.333. The average Bonchev–Trinajstić information content (AvgIpc) is 2.89. The van der Waals surface area contributed by atoms with Crippen molar-refractivity contribution in [3.63, 3.8) is 0 Å². The fourth-order valence-corrected chi connectivity index (χ4v) is 6.81. The Hall–Kier alpha value is -2.82. The number of hydrogen-bond donors (Lipinski definition) is 0. The molecule has 5 aliphatic carbocycles. The summed E-state index contributed by atoms with van der Waals surface area (Å²) in [5.74, 6) is 0.476. The van der Waals surface area contributed by atoms with E-state index in [0.717, 1.165) is 0 Å². The molecule has 1 aromatic carbocycles. The Bertz CT molecular complexity index is 1150. The van der Waals surface area contributed by atoms with Crippen LogP contribution in [0.25, 0.3) is 0 Å². The highest BCUT2D eigenvalue weighted by Crippen LogP contribution is 2.80. The SMILES string of the molecule is Cn1c(=O)n2n(c1=O)[C@H]1C=C[C@H]2[C@@]23C=C[C@@]12[C@@H]1C=C[C@@H]3c2ccccc21. The zero-order chi connectivity index (χ0) is 17.4. The molecule has 6 atom stereocenters. The van der Waals surface area contributed by atoms with Gasteiger partial charge >= 0.3 is 11.4 Å². The lowest BCUT2D eigenvalue weighted by Crippen LogP contribution is -2.70. The Morgan fingerprint density at radius 2 is 1.23 bits per heavy atom. The van der Waals surface area contributed by atoms with Crippen LogP contribution in [0.2, 0.25) is 0 Å². The fourth-order valence-electron chi connectivity index (χ4n) is 6.81. The lowest BCUT2D eigenvalue weighted by atomic mass is 9.33. The van der Waals surface area contributed by atoms with Gasteiger partial charge in [0, 0.05) is 29.7 Å². The molecule has 0 saturated heterocycles. The van der Waals surface area contributed by atoms with E-state index in [4.69, 9.17) is 0 Å². The predicted molar refractivity (Wildman–Crippen MR) is 96.2 cm³/mol. The molecule has 1 aromatic heterocycles. The molecule has 0 unspecified atom stereocenters. The summed E-state index contributed by atoms with van der Waals surface area (Å²) in [5, 5.41) is 0. The van der Waals surface area contributed by atoms with Crippen molar-refractivity contribution < 1.29 is 0 Å². The summed E-state index contributed by atoms with van der Waals surface area (Å²) < 4.78 is 4.68. The molecule has 7 aliphatic rings. The molecular weight excluding hydrogens is 326 g/mol. The molecule has 2 aliphatic heterocycles. The van der Waals surface area contributed by atoms with E-state index < -0.39 is 0 Å². The van der Waals surface area contributed by atoms with E-state index in [-0.39, 0.29) is 46.1 Å². The minimum atomic E-state index is -0.212. The zero-order valence-electron chi connectivity index (χ0n) is 14.2. The quantitative estimate of drug-likeness (QED) is 0.687. The number of aromatic nitrogens is 3. The number of rotatable bonds is 0. The van der Waals surface area contributed by atoms with Crippen molar-refractivity contribution >= 4 is 0 Å². The predicted octanol–water partition coefficient (Wildman–Crippen LogP) is 2.01. The third-order valence-corrected chi connectivity index (χ3v) is 7.76. The second-order valence-corrected chi connectivity index (χ2v) is 8.26. The maximum Gasteiger partial charge on any atom is 0.347 e. The van der Waals surface area contributed by atoms with Crippen molar-refractivity contribution in [1.29, 1.82) is 0 Å². The van der Waals surface area contributed by atoms with Crippen LogP contribution in [0.4, 0.5) is 0 Å². The lowest BCUT2D eigenvalue weighted by Gasteiger charge is -2.72. The van der Waals surface area contributed by atoms with Gasteiger partial charge in [-0.2, -0.15) is 0 Å². The van der Waals surface area contributed by atoms with E-state index in [1.54, 1.807) is 16.4 Å². The maximum atomic E-state index is 12.9. The van der Waals surface area contributed by atoms with Crippen molar-refractivity contribution in [2.24, 2.45) is 17.9 Å². The largest absolute Gasteiger partial charge is 0.347 e. The van der Waals surface area contributed by atoms with Crippen molar-refractivity contribution in [2.45, 2.75) is 23.9 Å². The van der Waals surface area contributed by atoms with E-state index in [0.29, 0.717) is 0 Å².